The number of aryl methyl sites for hydroxylation is 1. The topological polar surface area (TPSA) is 73.6 Å². The SMILES string of the molecule is Cc1nnc(CN=C(NCCCN(C)c2ccccc2)NC2CC(C)N(C3CC3)C2)n1C.I. The molecule has 2 aromatic rings. The van der Waals surface area contributed by atoms with E-state index in [2.05, 4.69) is 74.9 Å². The van der Waals surface area contributed by atoms with E-state index in [0.29, 0.717) is 18.6 Å². The second kappa shape index (κ2) is 12.0. The molecule has 2 heterocycles. The molecular formula is C24H39IN8. The molecule has 0 radical (unpaired) electrons. The van der Waals surface area contributed by atoms with Crippen LogP contribution in [0.3, 0.4) is 0 Å². The number of benzene rings is 1. The van der Waals surface area contributed by atoms with Crippen LogP contribution in [-0.2, 0) is 13.6 Å². The van der Waals surface area contributed by atoms with Gasteiger partial charge in [-0.15, -0.1) is 34.2 Å². The number of hydrogen-bond donors (Lipinski definition) is 2. The largest absolute Gasteiger partial charge is 0.375 e. The summed E-state index contributed by atoms with van der Waals surface area (Å²) in [6.45, 7) is 7.80. The van der Waals surface area contributed by atoms with Gasteiger partial charge in [-0.1, -0.05) is 18.2 Å². The van der Waals surface area contributed by atoms with Crippen molar-refractivity contribution in [3.05, 3.63) is 42.0 Å². The monoisotopic (exact) mass is 566 g/mol. The molecule has 1 saturated carbocycles. The van der Waals surface area contributed by atoms with E-state index in [4.69, 9.17) is 4.99 Å². The Morgan fingerprint density at radius 1 is 1.21 bits per heavy atom. The number of aliphatic imine (C=N–C) groups is 1. The van der Waals surface area contributed by atoms with E-state index in [0.717, 1.165) is 56.1 Å². The van der Waals surface area contributed by atoms with Crippen LogP contribution < -0.4 is 15.5 Å². The number of para-hydroxylation sites is 1. The molecule has 9 heteroatoms. The van der Waals surface area contributed by atoms with Crippen LogP contribution in [-0.4, -0.2) is 70.4 Å². The van der Waals surface area contributed by atoms with Crippen molar-refractivity contribution in [2.24, 2.45) is 12.0 Å². The van der Waals surface area contributed by atoms with Crippen molar-refractivity contribution >= 4 is 35.6 Å². The highest BCUT2D eigenvalue weighted by Gasteiger charge is 2.38. The van der Waals surface area contributed by atoms with Gasteiger partial charge in [-0.2, -0.15) is 0 Å². The van der Waals surface area contributed by atoms with Gasteiger partial charge in [-0.05, 0) is 51.7 Å². The van der Waals surface area contributed by atoms with Crippen molar-refractivity contribution in [1.29, 1.82) is 0 Å². The summed E-state index contributed by atoms with van der Waals surface area (Å²) in [5.41, 5.74) is 1.25. The Hall–Kier alpha value is -1.88. The number of guanidine groups is 1. The van der Waals surface area contributed by atoms with Gasteiger partial charge in [-0.25, -0.2) is 4.99 Å². The van der Waals surface area contributed by atoms with Crippen molar-refractivity contribution in [1.82, 2.24) is 30.3 Å². The molecule has 8 nitrogen and oxygen atoms in total. The fourth-order valence-electron chi connectivity index (χ4n) is 4.49. The average Bonchev–Trinajstić information content (AvgIpc) is 3.51. The van der Waals surface area contributed by atoms with Crippen molar-refractivity contribution in [3.63, 3.8) is 0 Å². The zero-order valence-corrected chi connectivity index (χ0v) is 22.7. The Labute approximate surface area is 215 Å². The first-order valence-corrected chi connectivity index (χ1v) is 11.9. The first-order valence-electron chi connectivity index (χ1n) is 11.9. The van der Waals surface area contributed by atoms with Crippen LogP contribution in [0.2, 0.25) is 0 Å². The molecule has 1 saturated heterocycles. The molecule has 1 aromatic carbocycles. The minimum absolute atomic E-state index is 0. The summed E-state index contributed by atoms with van der Waals surface area (Å²) in [7, 11) is 4.14. The molecule has 4 rings (SSSR count). The first kappa shape index (κ1) is 25.7. The third-order valence-corrected chi connectivity index (χ3v) is 6.70. The van der Waals surface area contributed by atoms with Crippen LogP contribution in [0.4, 0.5) is 5.69 Å². The molecular weight excluding hydrogens is 527 g/mol. The Kier molecular flexibility index (Phi) is 9.37. The van der Waals surface area contributed by atoms with Crippen molar-refractivity contribution in [2.75, 3.05) is 31.6 Å². The Bertz CT molecular complexity index is 895. The van der Waals surface area contributed by atoms with Crippen molar-refractivity contribution in [3.8, 4) is 0 Å². The van der Waals surface area contributed by atoms with Crippen molar-refractivity contribution in [2.45, 2.75) is 64.2 Å². The lowest BCUT2D eigenvalue weighted by Gasteiger charge is -2.21. The molecule has 0 bridgehead atoms. The number of aromatic nitrogens is 3. The summed E-state index contributed by atoms with van der Waals surface area (Å²) in [5.74, 6) is 2.67. The van der Waals surface area contributed by atoms with E-state index in [-0.39, 0.29) is 24.0 Å². The maximum absolute atomic E-state index is 4.86. The molecule has 0 spiro atoms. The molecule has 2 fully saturated rings. The van der Waals surface area contributed by atoms with Gasteiger partial charge in [0, 0.05) is 57.5 Å². The van der Waals surface area contributed by atoms with Gasteiger partial charge in [0.05, 0.1) is 0 Å². The highest BCUT2D eigenvalue weighted by Crippen LogP contribution is 2.33. The number of rotatable bonds is 9. The number of hydrogen-bond acceptors (Lipinski definition) is 5. The summed E-state index contributed by atoms with van der Waals surface area (Å²) < 4.78 is 2.00. The zero-order chi connectivity index (χ0) is 22.5. The fraction of sp³-hybridized carbons (Fsp3) is 0.625. The predicted molar refractivity (Wildman–Crippen MR) is 145 cm³/mol. The van der Waals surface area contributed by atoms with Crippen LogP contribution in [0.1, 0.15) is 44.3 Å². The second-order valence-electron chi connectivity index (χ2n) is 9.28. The molecule has 182 valence electrons. The number of halogens is 1. The van der Waals surface area contributed by atoms with Gasteiger partial charge in [0.15, 0.2) is 11.8 Å². The zero-order valence-electron chi connectivity index (χ0n) is 20.4. The smallest absolute Gasteiger partial charge is 0.191 e. The lowest BCUT2D eigenvalue weighted by molar-refractivity contribution is 0.256. The highest BCUT2D eigenvalue weighted by molar-refractivity contribution is 14.0. The van der Waals surface area contributed by atoms with Gasteiger partial charge in [-0.3, -0.25) is 4.90 Å². The Morgan fingerprint density at radius 2 is 1.97 bits per heavy atom. The summed E-state index contributed by atoms with van der Waals surface area (Å²) in [6, 6.07) is 12.4. The second-order valence-corrected chi connectivity index (χ2v) is 9.28. The molecule has 2 aliphatic rings. The summed E-state index contributed by atoms with van der Waals surface area (Å²) in [5, 5.41) is 15.7. The van der Waals surface area contributed by atoms with Crippen LogP contribution in [0.5, 0.6) is 0 Å². The van der Waals surface area contributed by atoms with Crippen LogP contribution >= 0.6 is 24.0 Å². The molecule has 1 aliphatic carbocycles. The molecule has 33 heavy (non-hydrogen) atoms. The maximum Gasteiger partial charge on any atom is 0.191 e. The standard InChI is InChI=1S/C24H38N8.HI/c1-18-15-20(17-32(18)22-11-12-22)27-24(26-16-23-29-28-19(2)31(23)4)25-13-8-14-30(3)21-9-6-5-7-10-21;/h5-7,9-10,18,20,22H,8,11-17H2,1-4H3,(H2,25,26,27);1H. The predicted octanol–water partition coefficient (Wildman–Crippen LogP) is 2.93. The van der Waals surface area contributed by atoms with Gasteiger partial charge < -0.3 is 20.1 Å². The normalized spacial score (nSPS) is 21.0. The highest BCUT2D eigenvalue weighted by atomic mass is 127. The van der Waals surface area contributed by atoms with Crippen molar-refractivity contribution < 1.29 is 0 Å². The van der Waals surface area contributed by atoms with Crippen LogP contribution in [0.25, 0.3) is 0 Å². The van der Waals surface area contributed by atoms with Gasteiger partial charge in [0.25, 0.3) is 0 Å². The maximum atomic E-state index is 4.86. The Balaban J connectivity index is 0.00000306. The molecule has 2 unspecified atom stereocenters. The summed E-state index contributed by atoms with van der Waals surface area (Å²) >= 11 is 0. The molecule has 1 aromatic heterocycles. The molecule has 0 amide bonds. The van der Waals surface area contributed by atoms with Crippen LogP contribution in [0.15, 0.2) is 35.3 Å². The van der Waals surface area contributed by atoms with E-state index < -0.39 is 0 Å². The third-order valence-electron chi connectivity index (χ3n) is 6.70. The molecule has 2 atom stereocenters. The number of likely N-dealkylation sites (tertiary alicyclic amines) is 1. The van der Waals surface area contributed by atoms with E-state index in [1.165, 1.54) is 18.5 Å². The Morgan fingerprint density at radius 3 is 2.64 bits per heavy atom. The van der Waals surface area contributed by atoms with Gasteiger partial charge >= 0.3 is 0 Å². The first-order chi connectivity index (χ1) is 15.5. The molecule has 1 aliphatic heterocycles. The fourth-order valence-corrected chi connectivity index (χ4v) is 4.49. The average molecular weight is 567 g/mol. The third kappa shape index (κ3) is 7.05. The van der Waals surface area contributed by atoms with Gasteiger partial charge in [0.2, 0.25) is 0 Å². The number of anilines is 1. The van der Waals surface area contributed by atoms with E-state index >= 15 is 0 Å². The van der Waals surface area contributed by atoms with E-state index in [1.807, 2.05) is 18.5 Å². The number of nitrogens with one attached hydrogen (secondary N) is 2. The lowest BCUT2D eigenvalue weighted by atomic mass is 10.2. The molecule has 2 N–H and O–H groups in total. The number of nitrogens with zero attached hydrogens (tertiary/aromatic N) is 6. The van der Waals surface area contributed by atoms with Crippen LogP contribution in [0, 0.1) is 6.92 Å². The van der Waals surface area contributed by atoms with E-state index in [1.54, 1.807) is 0 Å². The quantitative estimate of drug-likeness (QED) is 0.211. The van der Waals surface area contributed by atoms with E-state index in [9.17, 15) is 0 Å². The minimum Gasteiger partial charge on any atom is -0.375 e. The lowest BCUT2D eigenvalue weighted by Crippen LogP contribution is -2.45. The minimum atomic E-state index is 0. The summed E-state index contributed by atoms with van der Waals surface area (Å²) in [6.07, 6.45) is 4.91. The summed E-state index contributed by atoms with van der Waals surface area (Å²) in [4.78, 5) is 9.81. The van der Waals surface area contributed by atoms with Gasteiger partial charge in [0.1, 0.15) is 12.4 Å².